The highest BCUT2D eigenvalue weighted by Gasteiger charge is 2.14. The second kappa shape index (κ2) is 6.36. The molecule has 0 aliphatic carbocycles. The molecule has 0 atom stereocenters. The Kier molecular flexibility index (Phi) is 4.26. The first kappa shape index (κ1) is 16.1. The van der Waals surface area contributed by atoms with Crippen LogP contribution in [-0.2, 0) is 0 Å². The first-order valence-corrected chi connectivity index (χ1v) is 7.76. The van der Waals surface area contributed by atoms with Gasteiger partial charge in [-0.1, -0.05) is 15.9 Å². The fourth-order valence-electron chi connectivity index (χ4n) is 2.10. The van der Waals surface area contributed by atoms with E-state index in [1.54, 1.807) is 12.1 Å². The average molecular weight is 389 g/mol. The number of nitrogens with zero attached hydrogens (tertiary/aromatic N) is 5. The van der Waals surface area contributed by atoms with Gasteiger partial charge in [0.25, 0.3) is 5.78 Å². The summed E-state index contributed by atoms with van der Waals surface area (Å²) in [6, 6.07) is 6.73. The lowest BCUT2D eigenvalue weighted by molar-refractivity contribution is 0.0945. The lowest BCUT2D eigenvalue weighted by Gasteiger charge is -1.99. The second-order valence-electron chi connectivity index (χ2n) is 5.09. The van der Waals surface area contributed by atoms with Gasteiger partial charge in [-0.15, -0.1) is 5.10 Å². The van der Waals surface area contributed by atoms with Gasteiger partial charge in [0.2, 0.25) is 5.82 Å². The van der Waals surface area contributed by atoms with Gasteiger partial charge in [-0.25, -0.2) is 14.9 Å². The number of benzene rings is 1. The normalized spacial score (nSPS) is 11.3. The van der Waals surface area contributed by atoms with Crippen molar-refractivity contribution in [3.63, 3.8) is 0 Å². The van der Waals surface area contributed by atoms with E-state index in [1.807, 2.05) is 19.9 Å². The van der Waals surface area contributed by atoms with E-state index in [4.69, 9.17) is 0 Å². The first-order valence-electron chi connectivity index (χ1n) is 6.97. The summed E-state index contributed by atoms with van der Waals surface area (Å²) in [5.41, 5.74) is 4.41. The van der Waals surface area contributed by atoms with Crippen LogP contribution in [-0.4, -0.2) is 36.8 Å². The van der Waals surface area contributed by atoms with Crippen LogP contribution >= 0.6 is 15.9 Å². The second-order valence-corrected chi connectivity index (χ2v) is 6.00. The number of fused-ring (bicyclic) bond motifs is 1. The summed E-state index contributed by atoms with van der Waals surface area (Å²) in [6.45, 7) is 3.70. The molecule has 122 valence electrons. The summed E-state index contributed by atoms with van der Waals surface area (Å²) in [6.07, 6.45) is 1.33. The van der Waals surface area contributed by atoms with Crippen LogP contribution in [0.25, 0.3) is 5.78 Å². The Morgan fingerprint density at radius 2 is 2.12 bits per heavy atom. The minimum absolute atomic E-state index is 0.0354. The molecule has 0 radical (unpaired) electrons. The van der Waals surface area contributed by atoms with Gasteiger partial charge in [-0.05, 0) is 38.1 Å². The maximum absolute atomic E-state index is 12.1. The molecule has 0 saturated heterocycles. The smallest absolute Gasteiger partial charge is 0.311 e. The number of aryl methyl sites for hydroxylation is 2. The summed E-state index contributed by atoms with van der Waals surface area (Å²) < 4.78 is 2.28. The fourth-order valence-corrected chi connectivity index (χ4v) is 2.48. The fraction of sp³-hybridized carbons (Fsp3) is 0.133. The third-order valence-corrected chi connectivity index (χ3v) is 3.67. The van der Waals surface area contributed by atoms with Crippen LogP contribution in [0.2, 0.25) is 0 Å². The van der Waals surface area contributed by atoms with E-state index in [0.717, 1.165) is 15.9 Å². The zero-order valence-electron chi connectivity index (χ0n) is 12.9. The molecule has 0 aliphatic heterocycles. The van der Waals surface area contributed by atoms with E-state index in [0.29, 0.717) is 11.3 Å². The Morgan fingerprint density at radius 3 is 2.92 bits per heavy atom. The number of amides is 1. The van der Waals surface area contributed by atoms with Crippen molar-refractivity contribution in [2.45, 2.75) is 13.8 Å². The highest BCUT2D eigenvalue weighted by Crippen LogP contribution is 2.19. The van der Waals surface area contributed by atoms with Crippen LogP contribution in [0, 0.1) is 13.8 Å². The lowest BCUT2D eigenvalue weighted by atomic mass is 10.2. The van der Waals surface area contributed by atoms with Crippen molar-refractivity contribution in [3.8, 4) is 5.75 Å². The van der Waals surface area contributed by atoms with E-state index < -0.39 is 5.91 Å². The average Bonchev–Trinajstić information content (AvgIpc) is 2.95. The largest absolute Gasteiger partial charge is 0.507 e. The van der Waals surface area contributed by atoms with Gasteiger partial charge in [0.1, 0.15) is 5.75 Å². The molecular formula is C15H13BrN6O2. The lowest BCUT2D eigenvalue weighted by Crippen LogP contribution is -2.19. The van der Waals surface area contributed by atoms with Crippen molar-refractivity contribution in [1.82, 2.24) is 25.0 Å². The summed E-state index contributed by atoms with van der Waals surface area (Å²) >= 11 is 3.30. The van der Waals surface area contributed by atoms with E-state index >= 15 is 0 Å². The number of halogens is 1. The van der Waals surface area contributed by atoms with Gasteiger partial charge in [-0.3, -0.25) is 4.79 Å². The predicted molar refractivity (Wildman–Crippen MR) is 91.1 cm³/mol. The third kappa shape index (κ3) is 3.25. The Bertz CT molecular complexity index is 966. The van der Waals surface area contributed by atoms with Crippen LogP contribution in [0.5, 0.6) is 5.75 Å². The van der Waals surface area contributed by atoms with Gasteiger partial charge in [0.15, 0.2) is 0 Å². The van der Waals surface area contributed by atoms with Crippen molar-refractivity contribution in [2.75, 3.05) is 0 Å². The molecule has 0 fully saturated rings. The molecule has 2 heterocycles. The molecule has 0 aliphatic rings. The number of aromatic nitrogens is 4. The van der Waals surface area contributed by atoms with E-state index in [9.17, 15) is 9.90 Å². The topological polar surface area (TPSA) is 105 Å². The third-order valence-electron chi connectivity index (χ3n) is 3.18. The molecule has 3 rings (SSSR count). The molecular weight excluding hydrogens is 376 g/mol. The number of rotatable bonds is 3. The summed E-state index contributed by atoms with van der Waals surface area (Å²) in [7, 11) is 0. The minimum Gasteiger partial charge on any atom is -0.507 e. The van der Waals surface area contributed by atoms with E-state index in [-0.39, 0.29) is 11.6 Å². The molecule has 0 bridgehead atoms. The molecule has 2 N–H and O–H groups in total. The number of phenolic OH excluding ortho intramolecular Hbond substituents is 1. The molecule has 0 unspecified atom stereocenters. The number of hydrazone groups is 1. The maximum Gasteiger partial charge on any atom is 0.311 e. The molecule has 0 saturated carbocycles. The SMILES string of the molecule is Cc1cc(C)n2nc(C(=O)N/N=C/c3cc(Br)ccc3O)nc2n1. The standard InChI is InChI=1S/C15H13BrN6O2/c1-8-5-9(2)22-15(18-8)19-13(21-22)14(24)20-17-7-10-6-11(16)3-4-12(10)23/h3-7,23H,1-2H3,(H,20,24)/b17-7+. The van der Waals surface area contributed by atoms with Crippen molar-refractivity contribution < 1.29 is 9.90 Å². The molecule has 3 aromatic rings. The van der Waals surface area contributed by atoms with Crippen molar-refractivity contribution in [2.24, 2.45) is 5.10 Å². The van der Waals surface area contributed by atoms with Gasteiger partial charge >= 0.3 is 5.91 Å². The Hall–Kier alpha value is -2.81. The summed E-state index contributed by atoms with van der Waals surface area (Å²) in [5, 5.41) is 17.6. The maximum atomic E-state index is 12.1. The molecule has 0 spiro atoms. The van der Waals surface area contributed by atoms with Crippen molar-refractivity contribution in [3.05, 3.63) is 51.5 Å². The number of carbonyl (C=O) groups excluding carboxylic acids is 1. The van der Waals surface area contributed by atoms with Gasteiger partial charge in [0, 0.05) is 21.4 Å². The Morgan fingerprint density at radius 1 is 1.33 bits per heavy atom. The number of carbonyl (C=O) groups is 1. The summed E-state index contributed by atoms with van der Waals surface area (Å²) in [4.78, 5) is 20.4. The van der Waals surface area contributed by atoms with Crippen LogP contribution in [0.15, 0.2) is 33.8 Å². The molecule has 9 heteroatoms. The van der Waals surface area contributed by atoms with Gasteiger partial charge in [-0.2, -0.15) is 10.1 Å². The number of aromatic hydroxyl groups is 1. The quantitative estimate of drug-likeness (QED) is 0.527. The molecule has 1 amide bonds. The first-order chi connectivity index (χ1) is 11.4. The number of phenols is 1. The number of nitrogens with one attached hydrogen (secondary N) is 1. The monoisotopic (exact) mass is 388 g/mol. The molecule has 24 heavy (non-hydrogen) atoms. The molecule has 1 aromatic carbocycles. The minimum atomic E-state index is -0.566. The number of hydrogen-bond donors (Lipinski definition) is 2. The zero-order chi connectivity index (χ0) is 17.3. The Balaban J connectivity index is 1.79. The van der Waals surface area contributed by atoms with Crippen LogP contribution < -0.4 is 5.43 Å². The van der Waals surface area contributed by atoms with Crippen molar-refractivity contribution in [1.29, 1.82) is 0 Å². The molecule has 8 nitrogen and oxygen atoms in total. The highest BCUT2D eigenvalue weighted by molar-refractivity contribution is 9.10. The summed E-state index contributed by atoms with van der Waals surface area (Å²) in [5.74, 6) is -0.196. The van der Waals surface area contributed by atoms with Crippen LogP contribution in [0.1, 0.15) is 27.6 Å². The van der Waals surface area contributed by atoms with Gasteiger partial charge < -0.3 is 5.11 Å². The number of hydrogen-bond acceptors (Lipinski definition) is 6. The van der Waals surface area contributed by atoms with Gasteiger partial charge in [0.05, 0.1) is 6.21 Å². The zero-order valence-corrected chi connectivity index (χ0v) is 14.4. The van der Waals surface area contributed by atoms with E-state index in [1.165, 1.54) is 16.8 Å². The van der Waals surface area contributed by atoms with Crippen molar-refractivity contribution >= 4 is 33.8 Å². The van der Waals surface area contributed by atoms with Crippen LogP contribution in [0.3, 0.4) is 0 Å². The predicted octanol–water partition coefficient (Wildman–Crippen LogP) is 1.97. The Labute approximate surface area is 145 Å². The van der Waals surface area contributed by atoms with Crippen LogP contribution in [0.4, 0.5) is 0 Å². The highest BCUT2D eigenvalue weighted by atomic mass is 79.9. The molecule has 2 aromatic heterocycles. The van der Waals surface area contributed by atoms with E-state index in [2.05, 4.69) is 41.5 Å².